The van der Waals surface area contributed by atoms with Crippen LogP contribution in [0, 0.1) is 10.8 Å². The minimum atomic E-state index is -1.07. The number of carboxylic acid groups (broad SMARTS) is 1. The van der Waals surface area contributed by atoms with Crippen LogP contribution >= 0.6 is 0 Å². The van der Waals surface area contributed by atoms with E-state index in [0.717, 1.165) is 6.08 Å². The Kier molecular flexibility index (Phi) is 6.89. The summed E-state index contributed by atoms with van der Waals surface area (Å²) >= 11 is 0. The minimum Gasteiger partial charge on any atom is -0.506 e. The van der Waals surface area contributed by atoms with Crippen molar-refractivity contribution in [3.8, 4) is 5.75 Å². The molecule has 0 aromatic heterocycles. The number of aliphatic hydroxyl groups excluding tert-OH is 1. The van der Waals surface area contributed by atoms with Crippen molar-refractivity contribution < 1.29 is 24.5 Å². The maximum Gasteiger partial charge on any atom is 0.335 e. The quantitative estimate of drug-likeness (QED) is 0.194. The number of hydrogen-bond acceptors (Lipinski definition) is 7. The van der Waals surface area contributed by atoms with Gasteiger partial charge < -0.3 is 30.8 Å². The van der Waals surface area contributed by atoms with Gasteiger partial charge in [0.25, 0.3) is 0 Å². The first-order valence-corrected chi connectivity index (χ1v) is 8.27. The average molecular weight is 383 g/mol. The van der Waals surface area contributed by atoms with Gasteiger partial charge in [0.1, 0.15) is 23.8 Å². The van der Waals surface area contributed by atoms with Crippen molar-refractivity contribution in [1.29, 1.82) is 10.8 Å². The third-order valence-corrected chi connectivity index (χ3v) is 3.83. The summed E-state index contributed by atoms with van der Waals surface area (Å²) in [6.07, 6.45) is 1.11. The second-order valence-electron chi connectivity index (χ2n) is 5.79. The number of nitrogens with two attached hydrogens (primary N) is 1. The topological polar surface area (TPSA) is 150 Å². The first-order chi connectivity index (χ1) is 13.3. The number of methoxy groups -OCH3 is 1. The second-order valence-corrected chi connectivity index (χ2v) is 5.79. The van der Waals surface area contributed by atoms with E-state index in [1.807, 2.05) is 0 Å². The molecule has 0 atom stereocenters. The van der Waals surface area contributed by atoms with Crippen molar-refractivity contribution in [3.05, 3.63) is 71.0 Å². The molecule has 0 aliphatic carbocycles. The number of ether oxygens (including phenoxy) is 2. The number of aromatic carboxylic acids is 1. The molecule has 0 aliphatic heterocycles. The lowest BCUT2D eigenvalue weighted by atomic mass is 10.0. The summed E-state index contributed by atoms with van der Waals surface area (Å²) in [5, 5.41) is 35.3. The number of nitrogens with one attached hydrogen (secondary N) is 2. The van der Waals surface area contributed by atoms with Crippen molar-refractivity contribution in [2.45, 2.75) is 0 Å². The van der Waals surface area contributed by atoms with Crippen molar-refractivity contribution in [3.63, 3.8) is 0 Å². The smallest absolute Gasteiger partial charge is 0.335 e. The van der Waals surface area contributed by atoms with Crippen LogP contribution in [0.1, 0.15) is 21.5 Å². The highest BCUT2D eigenvalue weighted by Crippen LogP contribution is 2.22. The van der Waals surface area contributed by atoms with Gasteiger partial charge in [-0.05, 0) is 29.8 Å². The molecule has 0 amide bonds. The van der Waals surface area contributed by atoms with Gasteiger partial charge in [-0.25, -0.2) is 4.79 Å². The number of rotatable bonds is 9. The predicted molar refractivity (Wildman–Crippen MR) is 106 cm³/mol. The van der Waals surface area contributed by atoms with E-state index in [1.165, 1.54) is 24.3 Å². The van der Waals surface area contributed by atoms with Gasteiger partial charge in [0, 0.05) is 30.5 Å². The Balaban J connectivity index is 2.14. The van der Waals surface area contributed by atoms with Gasteiger partial charge in [-0.15, -0.1) is 0 Å². The van der Waals surface area contributed by atoms with Crippen LogP contribution in [0.5, 0.6) is 5.75 Å². The number of carboxylic acids is 1. The number of nitrogen functional groups attached to an aromatic ring is 1. The van der Waals surface area contributed by atoms with Crippen molar-refractivity contribution >= 4 is 23.1 Å². The molecule has 0 radical (unpaired) electrons. The Hall–Kier alpha value is -3.65. The molecule has 0 unspecified atom stereocenters. The maximum absolute atomic E-state index is 10.9. The fraction of sp³-hybridized carbons (Fsp3) is 0.150. The molecular weight excluding hydrogens is 362 g/mol. The SMILES string of the molecule is COCCOc1ccc(C(=N)/C(O)=C/C(=N)c2ccc(C(=O)O)cc2)c(N)c1. The lowest BCUT2D eigenvalue weighted by molar-refractivity contribution is 0.0697. The Morgan fingerprint density at radius 3 is 2.29 bits per heavy atom. The normalized spacial score (nSPS) is 11.1. The summed E-state index contributed by atoms with van der Waals surface area (Å²) < 4.78 is 10.3. The summed E-state index contributed by atoms with van der Waals surface area (Å²) in [4.78, 5) is 10.9. The highest BCUT2D eigenvalue weighted by Gasteiger charge is 2.13. The first kappa shape index (κ1) is 20.7. The lowest BCUT2D eigenvalue weighted by Crippen LogP contribution is -2.10. The van der Waals surface area contributed by atoms with E-state index in [-0.39, 0.29) is 22.7 Å². The number of allylic oxidation sites excluding steroid dienone is 2. The summed E-state index contributed by atoms with van der Waals surface area (Å²) in [6, 6.07) is 10.4. The Bertz CT molecular complexity index is 920. The summed E-state index contributed by atoms with van der Waals surface area (Å²) in [5.41, 5.74) is 6.68. The molecule has 28 heavy (non-hydrogen) atoms. The molecule has 2 rings (SSSR count). The Morgan fingerprint density at radius 2 is 1.71 bits per heavy atom. The van der Waals surface area contributed by atoms with E-state index >= 15 is 0 Å². The molecule has 0 spiro atoms. The van der Waals surface area contributed by atoms with E-state index in [9.17, 15) is 9.90 Å². The number of carbonyl (C=O) groups is 1. The van der Waals surface area contributed by atoms with Crippen LogP contribution in [-0.4, -0.2) is 47.9 Å². The van der Waals surface area contributed by atoms with Gasteiger partial charge in [0.15, 0.2) is 0 Å². The average Bonchev–Trinajstić information content (AvgIpc) is 2.67. The Morgan fingerprint density at radius 1 is 1.07 bits per heavy atom. The number of aliphatic hydroxyl groups is 1. The summed E-state index contributed by atoms with van der Waals surface area (Å²) in [7, 11) is 1.56. The van der Waals surface area contributed by atoms with Gasteiger partial charge in [-0.1, -0.05) is 12.1 Å². The van der Waals surface area contributed by atoms with Crippen LogP contribution in [0.4, 0.5) is 5.69 Å². The monoisotopic (exact) mass is 383 g/mol. The standard InChI is InChI=1S/C20H21N3O5/c1-27-8-9-28-14-6-7-15(17(22)10-14)19(23)18(24)11-16(21)12-2-4-13(5-3-12)20(25)26/h2-7,10-11,21,23-24H,8-9,22H2,1H3,(H,25,26)/b18-11-,21-16?,23-19?. The van der Waals surface area contributed by atoms with Crippen molar-refractivity contribution in [1.82, 2.24) is 0 Å². The molecule has 2 aromatic rings. The van der Waals surface area contributed by atoms with Crippen LogP contribution in [-0.2, 0) is 4.74 Å². The summed E-state index contributed by atoms with van der Waals surface area (Å²) in [6.45, 7) is 0.784. The third kappa shape index (κ3) is 5.18. The van der Waals surface area contributed by atoms with E-state index < -0.39 is 11.7 Å². The zero-order valence-corrected chi connectivity index (χ0v) is 15.2. The molecule has 0 saturated heterocycles. The van der Waals surface area contributed by atoms with Gasteiger partial charge in [-0.3, -0.25) is 5.41 Å². The van der Waals surface area contributed by atoms with Gasteiger partial charge >= 0.3 is 5.97 Å². The van der Waals surface area contributed by atoms with E-state index in [0.29, 0.717) is 30.1 Å². The summed E-state index contributed by atoms with van der Waals surface area (Å²) in [5.74, 6) is -0.990. The largest absolute Gasteiger partial charge is 0.506 e. The fourth-order valence-electron chi connectivity index (χ4n) is 2.32. The molecule has 6 N–H and O–H groups in total. The molecule has 146 valence electrons. The van der Waals surface area contributed by atoms with Crippen molar-refractivity contribution in [2.24, 2.45) is 0 Å². The maximum atomic E-state index is 10.9. The second kappa shape index (κ2) is 9.33. The molecule has 0 heterocycles. The van der Waals surface area contributed by atoms with Gasteiger partial charge in [0.05, 0.1) is 17.9 Å². The van der Waals surface area contributed by atoms with Crippen LogP contribution in [0.25, 0.3) is 0 Å². The molecular formula is C20H21N3O5. The van der Waals surface area contributed by atoms with Crippen LogP contribution in [0.3, 0.4) is 0 Å². The third-order valence-electron chi connectivity index (χ3n) is 3.83. The van der Waals surface area contributed by atoms with Crippen LogP contribution < -0.4 is 10.5 Å². The Labute approximate surface area is 161 Å². The molecule has 0 bridgehead atoms. The van der Waals surface area contributed by atoms with Crippen molar-refractivity contribution in [2.75, 3.05) is 26.1 Å². The molecule has 8 heteroatoms. The first-order valence-electron chi connectivity index (χ1n) is 8.27. The van der Waals surface area contributed by atoms with E-state index in [1.54, 1.807) is 25.3 Å². The number of benzene rings is 2. The molecule has 0 fully saturated rings. The van der Waals surface area contributed by atoms with Gasteiger partial charge in [0.2, 0.25) is 0 Å². The number of hydrogen-bond donors (Lipinski definition) is 5. The molecule has 0 aliphatic rings. The number of anilines is 1. The molecule has 2 aromatic carbocycles. The van der Waals surface area contributed by atoms with Gasteiger partial charge in [-0.2, -0.15) is 0 Å². The van der Waals surface area contributed by atoms with Crippen LogP contribution in [0.15, 0.2) is 54.3 Å². The molecule has 8 nitrogen and oxygen atoms in total. The highest BCUT2D eigenvalue weighted by atomic mass is 16.5. The lowest BCUT2D eigenvalue weighted by Gasteiger charge is -2.11. The predicted octanol–water partition coefficient (Wildman–Crippen LogP) is 2.87. The fourth-order valence-corrected chi connectivity index (χ4v) is 2.32. The minimum absolute atomic E-state index is 0.0720. The van der Waals surface area contributed by atoms with E-state index in [2.05, 4.69) is 0 Å². The zero-order chi connectivity index (χ0) is 20.7. The molecule has 0 saturated carbocycles. The van der Waals surface area contributed by atoms with E-state index in [4.69, 9.17) is 31.1 Å². The highest BCUT2D eigenvalue weighted by molar-refractivity contribution is 6.17. The van der Waals surface area contributed by atoms with Crippen LogP contribution in [0.2, 0.25) is 0 Å². The zero-order valence-electron chi connectivity index (χ0n) is 15.2.